The van der Waals surface area contributed by atoms with Crippen LogP contribution in [-0.2, 0) is 9.53 Å². The van der Waals surface area contributed by atoms with Crippen LogP contribution < -0.4 is 5.73 Å². The molecule has 0 aromatic heterocycles. The van der Waals surface area contributed by atoms with Crippen molar-refractivity contribution < 1.29 is 9.53 Å². The molecule has 0 heterocycles. The van der Waals surface area contributed by atoms with Crippen LogP contribution in [0.25, 0.3) is 0 Å². The van der Waals surface area contributed by atoms with Crippen molar-refractivity contribution in [2.45, 2.75) is 65.2 Å². The number of carbonyl (C=O) groups excluding carboxylic acids is 1. The van der Waals surface area contributed by atoms with Crippen LogP contribution in [0.1, 0.15) is 65.2 Å². The normalized spacial score (nSPS) is 11.5. The first-order valence-corrected chi connectivity index (χ1v) is 6.77. The summed E-state index contributed by atoms with van der Waals surface area (Å²) in [6.45, 7) is 4.42. The smallest absolute Gasteiger partial charge is 0.332 e. The molecular formula is C14H27NO2. The molecule has 0 bridgehead atoms. The van der Waals surface area contributed by atoms with E-state index in [0.717, 1.165) is 12.8 Å². The fraction of sp³-hybridized carbons (Fsp3) is 0.786. The molecule has 0 radical (unpaired) electrons. The molecule has 3 nitrogen and oxygen atoms in total. The van der Waals surface area contributed by atoms with Crippen molar-refractivity contribution in [3.05, 3.63) is 11.8 Å². The molecule has 0 aliphatic rings. The zero-order valence-electron chi connectivity index (χ0n) is 11.3. The van der Waals surface area contributed by atoms with E-state index in [0.29, 0.717) is 12.3 Å². The Labute approximate surface area is 105 Å². The monoisotopic (exact) mass is 241 g/mol. The molecule has 0 aliphatic heterocycles. The SMILES string of the molecule is CCCCCCCCCCOC(=O)/C=C(/C)N. The van der Waals surface area contributed by atoms with E-state index >= 15 is 0 Å². The van der Waals surface area contributed by atoms with Crippen molar-refractivity contribution in [2.75, 3.05) is 6.61 Å². The molecule has 0 saturated carbocycles. The summed E-state index contributed by atoms with van der Waals surface area (Å²) in [5, 5.41) is 0. The number of esters is 1. The van der Waals surface area contributed by atoms with Gasteiger partial charge in [-0.25, -0.2) is 4.79 Å². The molecule has 17 heavy (non-hydrogen) atoms. The van der Waals surface area contributed by atoms with Crippen molar-refractivity contribution in [2.24, 2.45) is 5.73 Å². The lowest BCUT2D eigenvalue weighted by atomic mass is 10.1. The molecule has 0 aliphatic carbocycles. The maximum Gasteiger partial charge on any atom is 0.332 e. The van der Waals surface area contributed by atoms with Gasteiger partial charge in [0.25, 0.3) is 0 Å². The minimum Gasteiger partial charge on any atom is -0.462 e. The van der Waals surface area contributed by atoms with E-state index in [1.54, 1.807) is 6.92 Å². The second-order valence-corrected chi connectivity index (χ2v) is 4.53. The van der Waals surface area contributed by atoms with E-state index in [1.165, 1.54) is 44.6 Å². The molecule has 0 fully saturated rings. The van der Waals surface area contributed by atoms with Crippen LogP contribution in [0, 0.1) is 0 Å². The highest BCUT2D eigenvalue weighted by atomic mass is 16.5. The van der Waals surface area contributed by atoms with Crippen LogP contribution in [0.4, 0.5) is 0 Å². The van der Waals surface area contributed by atoms with Gasteiger partial charge in [0, 0.05) is 11.8 Å². The third-order valence-electron chi connectivity index (χ3n) is 2.59. The first kappa shape index (κ1) is 16.0. The average Bonchev–Trinajstić information content (AvgIpc) is 2.26. The Hall–Kier alpha value is -0.990. The number of unbranched alkanes of at least 4 members (excludes halogenated alkanes) is 7. The van der Waals surface area contributed by atoms with Gasteiger partial charge >= 0.3 is 5.97 Å². The Morgan fingerprint density at radius 1 is 1.06 bits per heavy atom. The summed E-state index contributed by atoms with van der Waals surface area (Å²) >= 11 is 0. The Kier molecular flexibility index (Phi) is 10.8. The number of rotatable bonds is 10. The predicted molar refractivity (Wildman–Crippen MR) is 71.5 cm³/mol. The van der Waals surface area contributed by atoms with Gasteiger partial charge in [0.15, 0.2) is 0 Å². The van der Waals surface area contributed by atoms with Gasteiger partial charge < -0.3 is 10.5 Å². The van der Waals surface area contributed by atoms with Crippen molar-refractivity contribution in [1.82, 2.24) is 0 Å². The highest BCUT2D eigenvalue weighted by Gasteiger charge is 1.97. The molecular weight excluding hydrogens is 214 g/mol. The summed E-state index contributed by atoms with van der Waals surface area (Å²) in [6, 6.07) is 0. The fourth-order valence-corrected chi connectivity index (χ4v) is 1.64. The molecule has 0 atom stereocenters. The van der Waals surface area contributed by atoms with Crippen molar-refractivity contribution in [1.29, 1.82) is 0 Å². The Balaban J connectivity index is 3.18. The van der Waals surface area contributed by atoms with Gasteiger partial charge in [0.1, 0.15) is 0 Å². The third-order valence-corrected chi connectivity index (χ3v) is 2.59. The average molecular weight is 241 g/mol. The maximum atomic E-state index is 11.1. The number of hydrogen-bond donors (Lipinski definition) is 1. The number of allylic oxidation sites excluding steroid dienone is 1. The van der Waals surface area contributed by atoms with E-state index in [2.05, 4.69) is 6.92 Å². The van der Waals surface area contributed by atoms with E-state index < -0.39 is 0 Å². The number of hydrogen-bond acceptors (Lipinski definition) is 3. The quantitative estimate of drug-likeness (QED) is 0.361. The Morgan fingerprint density at radius 2 is 1.59 bits per heavy atom. The molecule has 3 heteroatoms. The molecule has 0 aromatic rings. The highest BCUT2D eigenvalue weighted by Crippen LogP contribution is 2.08. The molecule has 2 N–H and O–H groups in total. The first-order chi connectivity index (χ1) is 8.16. The van der Waals surface area contributed by atoms with E-state index in [-0.39, 0.29) is 5.97 Å². The molecule has 100 valence electrons. The predicted octanol–water partition coefficient (Wildman–Crippen LogP) is 3.53. The third kappa shape index (κ3) is 12.9. The van der Waals surface area contributed by atoms with Gasteiger partial charge in [-0.3, -0.25) is 0 Å². The van der Waals surface area contributed by atoms with E-state index in [9.17, 15) is 4.79 Å². The van der Waals surface area contributed by atoms with Gasteiger partial charge in [-0.05, 0) is 13.3 Å². The second-order valence-electron chi connectivity index (χ2n) is 4.53. The van der Waals surface area contributed by atoms with E-state index in [4.69, 9.17) is 10.5 Å². The molecule has 0 aromatic carbocycles. The molecule has 0 rings (SSSR count). The van der Waals surface area contributed by atoms with Crippen molar-refractivity contribution >= 4 is 5.97 Å². The summed E-state index contributed by atoms with van der Waals surface area (Å²) in [7, 11) is 0. The summed E-state index contributed by atoms with van der Waals surface area (Å²) < 4.78 is 5.00. The molecule has 0 saturated heterocycles. The van der Waals surface area contributed by atoms with Crippen molar-refractivity contribution in [3.63, 3.8) is 0 Å². The maximum absolute atomic E-state index is 11.1. The van der Waals surface area contributed by atoms with Gasteiger partial charge in [-0.2, -0.15) is 0 Å². The first-order valence-electron chi connectivity index (χ1n) is 6.77. The second kappa shape index (κ2) is 11.5. The summed E-state index contributed by atoms with van der Waals surface area (Å²) in [4.78, 5) is 11.1. The minimum absolute atomic E-state index is 0.326. The summed E-state index contributed by atoms with van der Waals surface area (Å²) in [5.41, 5.74) is 5.86. The lowest BCUT2D eigenvalue weighted by Gasteiger charge is -2.03. The van der Waals surface area contributed by atoms with Crippen LogP contribution >= 0.6 is 0 Å². The largest absolute Gasteiger partial charge is 0.462 e. The summed E-state index contributed by atoms with van der Waals surface area (Å²) in [5.74, 6) is -0.326. The van der Waals surface area contributed by atoms with Crippen LogP contribution in [-0.4, -0.2) is 12.6 Å². The Morgan fingerprint density at radius 3 is 2.12 bits per heavy atom. The van der Waals surface area contributed by atoms with Crippen LogP contribution in [0.5, 0.6) is 0 Å². The zero-order valence-corrected chi connectivity index (χ0v) is 11.3. The van der Waals surface area contributed by atoms with E-state index in [1.807, 2.05) is 0 Å². The minimum atomic E-state index is -0.326. The number of ether oxygens (including phenoxy) is 1. The zero-order chi connectivity index (χ0) is 12.9. The lowest BCUT2D eigenvalue weighted by molar-refractivity contribution is -0.137. The molecule has 0 unspecified atom stereocenters. The summed E-state index contributed by atoms with van der Waals surface area (Å²) in [6.07, 6.45) is 11.3. The standard InChI is InChI=1S/C14H27NO2/c1-3-4-5-6-7-8-9-10-11-17-14(16)12-13(2)15/h12H,3-11,15H2,1-2H3/b13-12-. The topological polar surface area (TPSA) is 52.3 Å². The number of carbonyl (C=O) groups is 1. The molecule has 0 spiro atoms. The van der Waals surface area contributed by atoms with Crippen LogP contribution in [0.15, 0.2) is 11.8 Å². The fourth-order valence-electron chi connectivity index (χ4n) is 1.64. The van der Waals surface area contributed by atoms with Gasteiger partial charge in [0.2, 0.25) is 0 Å². The van der Waals surface area contributed by atoms with Crippen LogP contribution in [0.3, 0.4) is 0 Å². The lowest BCUT2D eigenvalue weighted by Crippen LogP contribution is -2.05. The molecule has 0 amide bonds. The van der Waals surface area contributed by atoms with Crippen molar-refractivity contribution in [3.8, 4) is 0 Å². The highest BCUT2D eigenvalue weighted by molar-refractivity contribution is 5.82. The van der Waals surface area contributed by atoms with Gasteiger partial charge in [0.05, 0.1) is 6.61 Å². The van der Waals surface area contributed by atoms with Crippen LogP contribution in [0.2, 0.25) is 0 Å². The van der Waals surface area contributed by atoms with Gasteiger partial charge in [-0.1, -0.05) is 51.9 Å². The Bertz CT molecular complexity index is 220. The van der Waals surface area contributed by atoms with Gasteiger partial charge in [-0.15, -0.1) is 0 Å². The number of nitrogens with two attached hydrogens (primary N) is 1.